The third-order valence-corrected chi connectivity index (χ3v) is 11.8. The zero-order chi connectivity index (χ0) is 20.6. The molecular weight excluding hydrogens is 368 g/mol. The number of nitrogens with one attached hydrogen (secondary N) is 1. The zero-order valence-corrected chi connectivity index (χ0v) is 18.8. The maximum atomic E-state index is 12.1. The highest BCUT2D eigenvalue weighted by Gasteiger charge is 2.47. The Kier molecular flexibility index (Phi) is 5.52. The summed E-state index contributed by atoms with van der Waals surface area (Å²) in [4.78, 5) is 19.9. The average Bonchev–Trinajstić information content (AvgIpc) is 3.10. The van der Waals surface area contributed by atoms with Gasteiger partial charge in [-0.25, -0.2) is 4.79 Å². The highest BCUT2D eigenvalue weighted by Crippen LogP contribution is 2.45. The molecule has 0 fully saturated rings. The second-order valence-electron chi connectivity index (χ2n) is 8.33. The second-order valence-corrected chi connectivity index (χ2v) is 13.7. The van der Waals surface area contributed by atoms with Gasteiger partial charge in [0.1, 0.15) is 11.4 Å². The molecule has 0 bridgehead atoms. The second kappa shape index (κ2) is 7.58. The van der Waals surface area contributed by atoms with Crippen molar-refractivity contribution < 1.29 is 14.0 Å². The van der Waals surface area contributed by atoms with Crippen LogP contribution >= 0.6 is 0 Å². The van der Waals surface area contributed by atoms with Gasteiger partial charge in [-0.2, -0.15) is 0 Å². The summed E-state index contributed by atoms with van der Waals surface area (Å²) in [5, 5.41) is 1.92. The molecule has 0 radical (unpaired) electrons. The monoisotopic (exact) mass is 398 g/mol. The number of nitrogens with zero attached hydrogens (tertiary/aromatic N) is 1. The summed E-state index contributed by atoms with van der Waals surface area (Å²) in [5.74, 6) is 0.387. The minimum absolute atomic E-state index is 0.390. The molecule has 1 aromatic carbocycles. The van der Waals surface area contributed by atoms with Gasteiger partial charge in [-0.05, 0) is 28.8 Å². The van der Waals surface area contributed by atoms with Crippen molar-refractivity contribution in [2.24, 2.45) is 0 Å². The third-order valence-electron chi connectivity index (χ3n) is 5.86. The van der Waals surface area contributed by atoms with Crippen LogP contribution in [0.2, 0.25) is 16.6 Å². The van der Waals surface area contributed by atoms with Crippen LogP contribution in [-0.2, 0) is 4.74 Å². The van der Waals surface area contributed by atoms with Gasteiger partial charge in [-0.3, -0.25) is 4.98 Å². The molecule has 0 unspecified atom stereocenters. The van der Waals surface area contributed by atoms with Crippen molar-refractivity contribution in [1.82, 2.24) is 9.97 Å². The van der Waals surface area contributed by atoms with E-state index in [0.29, 0.717) is 22.3 Å². The Bertz CT molecular complexity index is 986. The summed E-state index contributed by atoms with van der Waals surface area (Å²) >= 11 is 0. The quantitative estimate of drug-likeness (QED) is 0.405. The van der Waals surface area contributed by atoms with E-state index >= 15 is 0 Å². The van der Waals surface area contributed by atoms with E-state index in [1.54, 1.807) is 6.20 Å². The summed E-state index contributed by atoms with van der Waals surface area (Å²) in [5.41, 5.74) is 3.44. The molecule has 0 aliphatic carbocycles. The molecule has 0 saturated carbocycles. The molecule has 3 rings (SSSR count). The Labute approximate surface area is 167 Å². The molecule has 1 N–H and O–H groups in total. The van der Waals surface area contributed by atoms with Crippen LogP contribution in [0.5, 0.6) is 5.75 Å². The molecule has 5 nitrogen and oxygen atoms in total. The van der Waals surface area contributed by atoms with Crippen LogP contribution in [0, 0.1) is 0 Å². The Morgan fingerprint density at radius 2 is 1.68 bits per heavy atom. The number of methoxy groups -OCH3 is 1. The first kappa shape index (κ1) is 20.4. The molecule has 28 heavy (non-hydrogen) atoms. The topological polar surface area (TPSA) is 64.2 Å². The van der Waals surface area contributed by atoms with Crippen molar-refractivity contribution in [1.29, 1.82) is 0 Å². The van der Waals surface area contributed by atoms with Gasteiger partial charge in [0.2, 0.25) is 0 Å². The van der Waals surface area contributed by atoms with Crippen molar-refractivity contribution in [3.05, 3.63) is 36.2 Å². The number of carbonyl (C=O) groups is 1. The third kappa shape index (κ3) is 3.19. The van der Waals surface area contributed by atoms with Crippen LogP contribution in [0.25, 0.3) is 21.8 Å². The van der Waals surface area contributed by atoms with E-state index in [2.05, 4.69) is 51.5 Å². The van der Waals surface area contributed by atoms with E-state index in [-0.39, 0.29) is 5.97 Å². The summed E-state index contributed by atoms with van der Waals surface area (Å²) in [6.45, 7) is 13.6. The minimum Gasteiger partial charge on any atom is -0.541 e. The summed E-state index contributed by atoms with van der Waals surface area (Å²) in [6, 6.07) is 7.76. The number of hydrogen-bond acceptors (Lipinski definition) is 4. The van der Waals surface area contributed by atoms with E-state index < -0.39 is 8.32 Å². The van der Waals surface area contributed by atoms with Gasteiger partial charge in [-0.1, -0.05) is 47.6 Å². The van der Waals surface area contributed by atoms with Gasteiger partial charge in [-0.15, -0.1) is 0 Å². The molecule has 0 aliphatic rings. The number of aromatic nitrogens is 2. The standard InChI is InChI=1S/C22H30N2O3Si/c1-13(2)28(14(3)4,15(5)6)27-20-12-18-16(9-8-10-23-18)17-11-19(22(25)26-7)24-21(17)20/h8-15,24H,1-7H3. The number of aromatic amines is 1. The Hall–Kier alpha value is -2.34. The smallest absolute Gasteiger partial charge is 0.354 e. The maximum absolute atomic E-state index is 12.1. The Morgan fingerprint density at radius 1 is 1.04 bits per heavy atom. The lowest BCUT2D eigenvalue weighted by Crippen LogP contribution is -2.50. The van der Waals surface area contributed by atoms with E-state index in [1.807, 2.05) is 24.3 Å². The van der Waals surface area contributed by atoms with Gasteiger partial charge in [0.05, 0.1) is 18.1 Å². The maximum Gasteiger partial charge on any atom is 0.354 e. The fraction of sp³-hybridized carbons (Fsp3) is 0.455. The number of pyridine rings is 1. The first-order chi connectivity index (χ1) is 13.2. The Morgan fingerprint density at radius 3 is 2.25 bits per heavy atom. The highest BCUT2D eigenvalue weighted by atomic mass is 28.4. The van der Waals surface area contributed by atoms with Gasteiger partial charge in [0, 0.05) is 23.0 Å². The molecule has 0 atom stereocenters. The van der Waals surface area contributed by atoms with Crippen LogP contribution in [-0.4, -0.2) is 31.4 Å². The van der Waals surface area contributed by atoms with Crippen LogP contribution in [0.4, 0.5) is 0 Å². The van der Waals surface area contributed by atoms with Crippen molar-refractivity contribution in [3.63, 3.8) is 0 Å². The molecule has 2 aromatic heterocycles. The van der Waals surface area contributed by atoms with E-state index in [1.165, 1.54) is 7.11 Å². The van der Waals surface area contributed by atoms with Crippen LogP contribution in [0.15, 0.2) is 30.5 Å². The number of benzene rings is 1. The number of hydrogen-bond donors (Lipinski definition) is 1. The molecule has 150 valence electrons. The van der Waals surface area contributed by atoms with E-state index in [9.17, 15) is 4.79 Å². The minimum atomic E-state index is -2.16. The first-order valence-corrected chi connectivity index (χ1v) is 12.0. The molecule has 0 amide bonds. The number of rotatable bonds is 6. The zero-order valence-electron chi connectivity index (χ0n) is 17.8. The molecule has 0 saturated heterocycles. The summed E-state index contributed by atoms with van der Waals surface area (Å²) in [7, 11) is -0.775. The molecule has 0 aliphatic heterocycles. The number of fused-ring (bicyclic) bond motifs is 3. The van der Waals surface area contributed by atoms with Crippen molar-refractivity contribution in [2.45, 2.75) is 58.2 Å². The lowest BCUT2D eigenvalue weighted by Gasteiger charge is -2.42. The van der Waals surface area contributed by atoms with Crippen molar-refractivity contribution >= 4 is 36.1 Å². The first-order valence-electron chi connectivity index (χ1n) is 9.90. The molecule has 3 aromatic rings. The normalized spacial score (nSPS) is 12.5. The lowest BCUT2D eigenvalue weighted by molar-refractivity contribution is 0.0595. The predicted octanol–water partition coefficient (Wildman–Crippen LogP) is 6.06. The van der Waals surface area contributed by atoms with E-state index in [4.69, 9.17) is 9.16 Å². The fourth-order valence-corrected chi connectivity index (χ4v) is 9.91. The molecule has 6 heteroatoms. The van der Waals surface area contributed by atoms with E-state index in [0.717, 1.165) is 27.6 Å². The fourth-order valence-electron chi connectivity index (χ4n) is 4.66. The van der Waals surface area contributed by atoms with Gasteiger partial charge >= 0.3 is 5.97 Å². The van der Waals surface area contributed by atoms with Gasteiger partial charge < -0.3 is 14.1 Å². The predicted molar refractivity (Wildman–Crippen MR) is 117 cm³/mol. The van der Waals surface area contributed by atoms with Gasteiger partial charge in [0.15, 0.2) is 0 Å². The number of carbonyl (C=O) groups excluding carboxylic acids is 1. The summed E-state index contributed by atoms with van der Waals surface area (Å²) in [6.07, 6.45) is 1.78. The van der Waals surface area contributed by atoms with Crippen LogP contribution < -0.4 is 4.43 Å². The lowest BCUT2D eigenvalue weighted by atomic mass is 10.1. The van der Waals surface area contributed by atoms with Crippen molar-refractivity contribution in [3.8, 4) is 5.75 Å². The van der Waals surface area contributed by atoms with Gasteiger partial charge in [0.25, 0.3) is 8.32 Å². The van der Waals surface area contributed by atoms with Crippen LogP contribution in [0.3, 0.4) is 0 Å². The number of esters is 1. The van der Waals surface area contributed by atoms with Crippen molar-refractivity contribution in [2.75, 3.05) is 7.11 Å². The number of ether oxygens (including phenoxy) is 1. The average molecular weight is 399 g/mol. The number of H-pyrrole nitrogens is 1. The Balaban J connectivity index is 2.29. The van der Waals surface area contributed by atoms with Crippen LogP contribution in [0.1, 0.15) is 52.0 Å². The SMILES string of the molecule is COC(=O)c1cc2c([nH]1)c(O[Si](C(C)C)(C(C)C)C(C)C)cc1ncccc12. The highest BCUT2D eigenvalue weighted by molar-refractivity contribution is 6.78. The summed E-state index contributed by atoms with van der Waals surface area (Å²) < 4.78 is 11.9. The molecule has 0 spiro atoms. The largest absolute Gasteiger partial charge is 0.541 e. The molecular formula is C22H30N2O3Si. The molecule has 2 heterocycles.